The fraction of sp³-hybridized carbons (Fsp3) is 0.520. The van der Waals surface area contributed by atoms with E-state index in [1.165, 1.54) is 6.07 Å². The molecule has 1 aliphatic rings. The highest BCUT2D eigenvalue weighted by atomic mass is 19.1. The zero-order valence-electron chi connectivity index (χ0n) is 20.8. The van der Waals surface area contributed by atoms with Crippen molar-refractivity contribution < 1.29 is 27.8 Å². The van der Waals surface area contributed by atoms with Crippen LogP contribution in [0.4, 0.5) is 14.6 Å². The van der Waals surface area contributed by atoms with Crippen LogP contribution in [-0.2, 0) is 19.0 Å². The lowest BCUT2D eigenvalue weighted by molar-refractivity contribution is -0.127. The molecule has 0 spiro atoms. The number of aromatic amines is 1. The van der Waals surface area contributed by atoms with Gasteiger partial charge in [-0.15, -0.1) is 0 Å². The normalized spacial score (nSPS) is 17.7. The number of carbonyl (C=O) groups is 1. The van der Waals surface area contributed by atoms with Gasteiger partial charge in [-0.25, -0.2) is 23.7 Å². The van der Waals surface area contributed by atoms with Crippen LogP contribution in [0.3, 0.4) is 0 Å². The van der Waals surface area contributed by atoms with Crippen molar-refractivity contribution in [3.8, 4) is 11.4 Å². The molecule has 3 aromatic heterocycles. The molecular weight excluding hydrogens is 486 g/mol. The average Bonchev–Trinajstić information content (AvgIpc) is 3.30. The maximum atomic E-state index is 14.6. The summed E-state index contributed by atoms with van der Waals surface area (Å²) in [6.45, 7) is 4.27. The minimum Gasteiger partial charge on any atom is -0.379 e. The summed E-state index contributed by atoms with van der Waals surface area (Å²) in [6, 6.07) is 1.19. The molecule has 0 saturated heterocycles. The van der Waals surface area contributed by atoms with E-state index in [1.807, 2.05) is 6.92 Å². The number of amides is 1. The van der Waals surface area contributed by atoms with Gasteiger partial charge in [-0.05, 0) is 38.7 Å². The van der Waals surface area contributed by atoms with Crippen molar-refractivity contribution >= 4 is 22.8 Å². The first-order valence-corrected chi connectivity index (χ1v) is 12.5. The Morgan fingerprint density at radius 2 is 1.86 bits per heavy atom. The average molecular weight is 519 g/mol. The van der Waals surface area contributed by atoms with Gasteiger partial charge in [-0.2, -0.15) is 0 Å². The van der Waals surface area contributed by atoms with Crippen LogP contribution in [0.15, 0.2) is 24.7 Å². The zero-order valence-corrected chi connectivity index (χ0v) is 20.8. The van der Waals surface area contributed by atoms with Gasteiger partial charge in [0.05, 0.1) is 38.8 Å². The molecule has 2 atom stereocenters. The number of nitrogens with zero attached hydrogens (tertiary/aromatic N) is 3. The number of carbonyl (C=O) groups excluding carboxylic acids is 1. The Hall–Kier alpha value is -3.22. The molecule has 1 amide bonds. The van der Waals surface area contributed by atoms with Crippen molar-refractivity contribution in [1.82, 2.24) is 25.3 Å². The maximum Gasteiger partial charge on any atom is 0.246 e. The van der Waals surface area contributed by atoms with Crippen molar-refractivity contribution in [2.75, 3.05) is 45.0 Å². The number of aromatic nitrogens is 4. The Labute approximate surface area is 213 Å². The van der Waals surface area contributed by atoms with Crippen molar-refractivity contribution in [3.05, 3.63) is 36.3 Å². The second kappa shape index (κ2) is 13.4. The Kier molecular flexibility index (Phi) is 9.69. The highest BCUT2D eigenvalue weighted by Crippen LogP contribution is 2.28. The number of fused-ring (bicyclic) bond motifs is 1. The van der Waals surface area contributed by atoms with Crippen molar-refractivity contribution in [1.29, 1.82) is 0 Å². The van der Waals surface area contributed by atoms with Gasteiger partial charge in [0.1, 0.15) is 18.1 Å². The van der Waals surface area contributed by atoms with Crippen LogP contribution in [0, 0.1) is 11.6 Å². The molecule has 200 valence electrons. The monoisotopic (exact) mass is 518 g/mol. The molecule has 0 aliphatic heterocycles. The number of rotatable bonds is 13. The van der Waals surface area contributed by atoms with Crippen molar-refractivity contribution in [2.24, 2.45) is 0 Å². The molecule has 12 heteroatoms. The van der Waals surface area contributed by atoms with Crippen LogP contribution >= 0.6 is 0 Å². The molecule has 1 saturated carbocycles. The molecule has 3 N–H and O–H groups in total. The zero-order chi connectivity index (χ0) is 26.0. The van der Waals surface area contributed by atoms with Crippen molar-refractivity contribution in [2.45, 2.75) is 44.7 Å². The van der Waals surface area contributed by atoms with Gasteiger partial charge >= 0.3 is 0 Å². The van der Waals surface area contributed by atoms with Gasteiger partial charge in [-0.3, -0.25) is 4.79 Å². The number of nitrogens with one attached hydrogen (secondary N) is 3. The highest BCUT2D eigenvalue weighted by molar-refractivity contribution is 5.91. The summed E-state index contributed by atoms with van der Waals surface area (Å²) in [5, 5.41) is 6.66. The Bertz CT molecular complexity index is 1180. The van der Waals surface area contributed by atoms with E-state index < -0.39 is 11.6 Å². The van der Waals surface area contributed by atoms with Crippen molar-refractivity contribution in [3.63, 3.8) is 0 Å². The van der Waals surface area contributed by atoms with Crippen LogP contribution in [0.25, 0.3) is 22.4 Å². The summed E-state index contributed by atoms with van der Waals surface area (Å²) in [5.74, 6) is -0.956. The Morgan fingerprint density at radius 3 is 2.70 bits per heavy atom. The number of ether oxygens (including phenoxy) is 3. The standard InChI is InChI=1S/C25H32F2N6O4/c1-2-35-6-7-36-8-9-37-15-22(34)31-17-4-3-5-18(11-17)32-25-21(27)14-30-24(33-25)20-13-29-23-19(20)10-16(26)12-28-23/h10,12-14,17-18H,2-9,11,15H2,1H3,(H,28,29)(H,31,34)(H,30,32,33)/t17-,18+/m1/s1. The summed E-state index contributed by atoms with van der Waals surface area (Å²) < 4.78 is 44.2. The minimum absolute atomic E-state index is 0.0482. The molecule has 1 aliphatic carbocycles. The van der Waals surface area contributed by atoms with Crippen LogP contribution in [0.2, 0.25) is 0 Å². The van der Waals surface area contributed by atoms with E-state index in [0.29, 0.717) is 56.1 Å². The number of hydrogen-bond donors (Lipinski definition) is 3. The molecule has 0 bridgehead atoms. The molecule has 4 rings (SSSR count). The first-order valence-electron chi connectivity index (χ1n) is 12.5. The highest BCUT2D eigenvalue weighted by Gasteiger charge is 2.25. The summed E-state index contributed by atoms with van der Waals surface area (Å²) in [6.07, 6.45) is 6.95. The molecule has 1 fully saturated rings. The quantitative estimate of drug-likeness (QED) is 0.295. The third-order valence-corrected chi connectivity index (χ3v) is 6.04. The molecule has 0 unspecified atom stereocenters. The van der Waals surface area contributed by atoms with E-state index in [0.717, 1.165) is 31.7 Å². The van der Waals surface area contributed by atoms with Crippen LogP contribution in [-0.4, -0.2) is 77.6 Å². The maximum absolute atomic E-state index is 14.6. The Morgan fingerprint density at radius 1 is 1.08 bits per heavy atom. The Balaban J connectivity index is 1.27. The SMILES string of the molecule is CCOCCOCCOCC(=O)N[C@@H]1CCC[C@H](Nc2nc(-c3c[nH]c4ncc(F)cc34)ncc2F)C1. The topological polar surface area (TPSA) is 123 Å². The summed E-state index contributed by atoms with van der Waals surface area (Å²) in [5.41, 5.74) is 1.02. The summed E-state index contributed by atoms with van der Waals surface area (Å²) >= 11 is 0. The van der Waals surface area contributed by atoms with E-state index >= 15 is 0 Å². The molecule has 3 aromatic rings. The van der Waals surface area contributed by atoms with E-state index in [2.05, 4.69) is 30.6 Å². The van der Waals surface area contributed by atoms with E-state index in [9.17, 15) is 13.6 Å². The molecule has 10 nitrogen and oxygen atoms in total. The molecule has 37 heavy (non-hydrogen) atoms. The van der Waals surface area contributed by atoms with Gasteiger partial charge in [0.25, 0.3) is 0 Å². The smallest absolute Gasteiger partial charge is 0.246 e. The molecule has 0 aromatic carbocycles. The lowest BCUT2D eigenvalue weighted by Crippen LogP contribution is -2.43. The number of H-pyrrole nitrogens is 1. The third-order valence-electron chi connectivity index (χ3n) is 6.04. The predicted octanol–water partition coefficient (Wildman–Crippen LogP) is 3.21. The molecule has 3 heterocycles. The van der Waals surface area contributed by atoms with Gasteiger partial charge in [0.15, 0.2) is 17.5 Å². The first kappa shape index (κ1) is 26.8. The number of anilines is 1. The summed E-state index contributed by atoms with van der Waals surface area (Å²) in [4.78, 5) is 27.7. The molecular formula is C25H32F2N6O4. The molecule has 0 radical (unpaired) electrons. The number of halogens is 2. The van der Waals surface area contributed by atoms with Crippen LogP contribution in [0.5, 0.6) is 0 Å². The lowest BCUT2D eigenvalue weighted by Gasteiger charge is -2.30. The second-order valence-electron chi connectivity index (χ2n) is 8.78. The first-order chi connectivity index (χ1) is 18.0. The van der Waals surface area contributed by atoms with E-state index in [4.69, 9.17) is 14.2 Å². The number of pyridine rings is 1. The van der Waals surface area contributed by atoms with Gasteiger partial charge in [-0.1, -0.05) is 0 Å². The third kappa shape index (κ3) is 7.63. The summed E-state index contributed by atoms with van der Waals surface area (Å²) in [7, 11) is 0. The fourth-order valence-electron chi connectivity index (χ4n) is 4.32. The van der Waals surface area contributed by atoms with Gasteiger partial charge in [0, 0.05) is 35.8 Å². The predicted molar refractivity (Wildman–Crippen MR) is 133 cm³/mol. The minimum atomic E-state index is -0.587. The lowest BCUT2D eigenvalue weighted by atomic mass is 9.91. The van der Waals surface area contributed by atoms with Crippen LogP contribution < -0.4 is 10.6 Å². The van der Waals surface area contributed by atoms with E-state index in [-0.39, 0.29) is 36.2 Å². The van der Waals surface area contributed by atoms with Crippen LogP contribution in [0.1, 0.15) is 32.6 Å². The van der Waals surface area contributed by atoms with Gasteiger partial charge < -0.3 is 29.8 Å². The number of hydrogen-bond acceptors (Lipinski definition) is 8. The van der Waals surface area contributed by atoms with Gasteiger partial charge in [0.2, 0.25) is 5.91 Å². The fourth-order valence-corrected chi connectivity index (χ4v) is 4.32. The largest absolute Gasteiger partial charge is 0.379 e. The second-order valence-corrected chi connectivity index (χ2v) is 8.78. The van der Waals surface area contributed by atoms with E-state index in [1.54, 1.807) is 6.20 Å².